The van der Waals surface area contributed by atoms with Crippen molar-refractivity contribution < 1.29 is 9.53 Å². The van der Waals surface area contributed by atoms with Gasteiger partial charge in [-0.25, -0.2) is 9.78 Å². The zero-order valence-corrected chi connectivity index (χ0v) is 11.0. The predicted octanol–water partition coefficient (Wildman–Crippen LogP) is 2.73. The minimum atomic E-state index is -0.558. The van der Waals surface area contributed by atoms with Crippen LogP contribution in [0, 0.1) is 0 Å². The molecule has 1 amide bonds. The first-order chi connectivity index (χ1) is 8.35. The van der Waals surface area contributed by atoms with Crippen molar-refractivity contribution >= 4 is 29.2 Å². The van der Waals surface area contributed by atoms with E-state index in [4.69, 9.17) is 16.3 Å². The monoisotopic (exact) mass is 268 g/mol. The molecular formula is C11H13ClN4O2. The average molecular weight is 269 g/mol. The highest BCUT2D eigenvalue weighted by Crippen LogP contribution is 2.15. The Hall–Kier alpha value is -1.82. The van der Waals surface area contributed by atoms with Gasteiger partial charge in [0.05, 0.1) is 0 Å². The molecule has 2 aromatic rings. The number of halogens is 1. The molecule has 6 nitrogen and oxygen atoms in total. The van der Waals surface area contributed by atoms with Gasteiger partial charge in [-0.2, -0.15) is 9.61 Å². The molecule has 0 saturated carbocycles. The summed E-state index contributed by atoms with van der Waals surface area (Å²) in [5, 5.41) is 6.91. The highest BCUT2D eigenvalue weighted by Gasteiger charge is 2.17. The third-order valence-electron chi connectivity index (χ3n) is 1.96. The van der Waals surface area contributed by atoms with Gasteiger partial charge in [-0.1, -0.05) is 11.6 Å². The number of amides is 1. The number of hydrogen-bond donors (Lipinski definition) is 1. The van der Waals surface area contributed by atoms with Crippen molar-refractivity contribution in [3.63, 3.8) is 0 Å². The van der Waals surface area contributed by atoms with Crippen LogP contribution in [-0.2, 0) is 4.74 Å². The van der Waals surface area contributed by atoms with E-state index < -0.39 is 11.7 Å². The number of rotatable bonds is 1. The van der Waals surface area contributed by atoms with Gasteiger partial charge in [0.2, 0.25) is 0 Å². The topological polar surface area (TPSA) is 68.5 Å². The Morgan fingerprint density at radius 3 is 2.89 bits per heavy atom. The summed E-state index contributed by atoms with van der Waals surface area (Å²) in [5.41, 5.74) is -0.00796. The fourth-order valence-electron chi connectivity index (χ4n) is 1.37. The molecule has 0 saturated heterocycles. The molecule has 0 aliphatic heterocycles. The third kappa shape index (κ3) is 2.89. The van der Waals surface area contributed by atoms with Crippen molar-refractivity contribution in [2.45, 2.75) is 26.4 Å². The first-order valence-corrected chi connectivity index (χ1v) is 5.73. The van der Waals surface area contributed by atoms with Crippen LogP contribution in [0.25, 0.3) is 5.65 Å². The van der Waals surface area contributed by atoms with E-state index in [2.05, 4.69) is 15.4 Å². The molecule has 0 atom stereocenters. The van der Waals surface area contributed by atoms with Gasteiger partial charge in [-0.15, -0.1) is 0 Å². The van der Waals surface area contributed by atoms with Gasteiger partial charge in [0.1, 0.15) is 11.4 Å². The molecule has 0 aliphatic carbocycles. The van der Waals surface area contributed by atoms with Gasteiger partial charge in [-0.3, -0.25) is 5.32 Å². The fraction of sp³-hybridized carbons (Fsp3) is 0.364. The van der Waals surface area contributed by atoms with E-state index in [0.717, 1.165) is 0 Å². The first kappa shape index (κ1) is 12.6. The first-order valence-electron chi connectivity index (χ1n) is 5.35. The number of nitrogens with zero attached hydrogens (tertiary/aromatic N) is 3. The van der Waals surface area contributed by atoms with Crippen LogP contribution in [0.2, 0.25) is 5.15 Å². The molecule has 0 spiro atoms. The van der Waals surface area contributed by atoms with Crippen molar-refractivity contribution in [3.05, 3.63) is 23.5 Å². The van der Waals surface area contributed by atoms with Crippen LogP contribution in [0.5, 0.6) is 0 Å². The number of ether oxygens (including phenoxy) is 1. The molecule has 0 aliphatic rings. The molecule has 0 radical (unpaired) electrons. The Labute approximate surface area is 109 Å². The Kier molecular flexibility index (Phi) is 3.13. The number of fused-ring (bicyclic) bond motifs is 1. The van der Waals surface area contributed by atoms with Crippen molar-refractivity contribution in [1.29, 1.82) is 0 Å². The van der Waals surface area contributed by atoms with Crippen LogP contribution in [0.4, 0.5) is 10.6 Å². The Morgan fingerprint density at radius 2 is 2.22 bits per heavy atom. The zero-order valence-electron chi connectivity index (χ0n) is 10.3. The number of hydrogen-bond acceptors (Lipinski definition) is 4. The molecule has 0 fully saturated rings. The van der Waals surface area contributed by atoms with Gasteiger partial charge in [-0.05, 0) is 26.8 Å². The van der Waals surface area contributed by atoms with Gasteiger partial charge in [0.15, 0.2) is 10.8 Å². The lowest BCUT2D eigenvalue weighted by Crippen LogP contribution is -2.27. The van der Waals surface area contributed by atoms with Crippen LogP contribution in [-0.4, -0.2) is 26.3 Å². The SMILES string of the molecule is CC(C)(C)OC(=O)Nc1ccnc2cc(Cl)nn12. The molecule has 0 unspecified atom stereocenters. The van der Waals surface area contributed by atoms with Gasteiger partial charge < -0.3 is 4.74 Å². The number of nitrogens with one attached hydrogen (secondary N) is 1. The summed E-state index contributed by atoms with van der Waals surface area (Å²) < 4.78 is 6.59. The smallest absolute Gasteiger partial charge is 0.413 e. The van der Waals surface area contributed by atoms with E-state index in [1.54, 1.807) is 39.1 Å². The average Bonchev–Trinajstić information content (AvgIpc) is 2.56. The van der Waals surface area contributed by atoms with Crippen LogP contribution in [0.15, 0.2) is 18.3 Å². The number of anilines is 1. The summed E-state index contributed by atoms with van der Waals surface area (Å²) in [6, 6.07) is 3.21. The van der Waals surface area contributed by atoms with Gasteiger partial charge >= 0.3 is 6.09 Å². The molecular weight excluding hydrogens is 256 g/mol. The summed E-state index contributed by atoms with van der Waals surface area (Å²) in [5.74, 6) is 0.446. The van der Waals surface area contributed by atoms with Crippen LogP contribution in [0.1, 0.15) is 20.8 Å². The Balaban J connectivity index is 2.24. The molecule has 96 valence electrons. The van der Waals surface area contributed by atoms with Crippen LogP contribution >= 0.6 is 11.6 Å². The van der Waals surface area contributed by atoms with Crippen LogP contribution in [0.3, 0.4) is 0 Å². The van der Waals surface area contributed by atoms with Crippen LogP contribution < -0.4 is 5.32 Å². The maximum atomic E-state index is 11.7. The summed E-state index contributed by atoms with van der Waals surface area (Å²) in [4.78, 5) is 15.7. The summed E-state index contributed by atoms with van der Waals surface area (Å²) in [7, 11) is 0. The summed E-state index contributed by atoms with van der Waals surface area (Å²) in [6.45, 7) is 5.37. The second kappa shape index (κ2) is 4.45. The van der Waals surface area contributed by atoms with E-state index >= 15 is 0 Å². The maximum absolute atomic E-state index is 11.7. The maximum Gasteiger partial charge on any atom is 0.413 e. The normalized spacial score (nSPS) is 11.6. The molecule has 0 aromatic carbocycles. The lowest BCUT2D eigenvalue weighted by molar-refractivity contribution is 0.0635. The number of carbonyl (C=O) groups is 1. The largest absolute Gasteiger partial charge is 0.444 e. The van der Waals surface area contributed by atoms with E-state index in [1.807, 2.05) is 0 Å². The molecule has 2 aromatic heterocycles. The highest BCUT2D eigenvalue weighted by atomic mass is 35.5. The molecule has 7 heteroatoms. The van der Waals surface area contributed by atoms with Crippen molar-refractivity contribution in [2.75, 3.05) is 5.32 Å². The zero-order chi connectivity index (χ0) is 13.3. The standard InChI is InChI=1S/C11H13ClN4O2/c1-11(2,3)18-10(17)14-8-4-5-13-9-6-7(12)15-16(8)9/h4-6H,1-3H3,(H,14,17). The quantitative estimate of drug-likeness (QED) is 0.863. The van der Waals surface area contributed by atoms with Crippen molar-refractivity contribution in [1.82, 2.24) is 14.6 Å². The van der Waals surface area contributed by atoms with Crippen molar-refractivity contribution in [3.8, 4) is 0 Å². The second-order valence-electron chi connectivity index (χ2n) is 4.69. The number of carbonyl (C=O) groups excluding carboxylic acids is 1. The minimum absolute atomic E-state index is 0.306. The Morgan fingerprint density at radius 1 is 1.50 bits per heavy atom. The van der Waals surface area contributed by atoms with E-state index in [0.29, 0.717) is 16.6 Å². The number of aromatic nitrogens is 3. The molecule has 18 heavy (non-hydrogen) atoms. The van der Waals surface area contributed by atoms with Gasteiger partial charge in [0, 0.05) is 12.3 Å². The predicted molar refractivity (Wildman–Crippen MR) is 67.9 cm³/mol. The fourth-order valence-corrected chi connectivity index (χ4v) is 1.54. The summed E-state index contributed by atoms with van der Waals surface area (Å²) >= 11 is 5.78. The highest BCUT2D eigenvalue weighted by molar-refractivity contribution is 6.29. The molecule has 2 heterocycles. The van der Waals surface area contributed by atoms with E-state index in [1.165, 1.54) is 4.52 Å². The Bertz CT molecular complexity index is 588. The van der Waals surface area contributed by atoms with E-state index in [-0.39, 0.29) is 0 Å². The summed E-state index contributed by atoms with van der Waals surface area (Å²) in [6.07, 6.45) is 1.00. The minimum Gasteiger partial charge on any atom is -0.444 e. The molecule has 1 N–H and O–H groups in total. The van der Waals surface area contributed by atoms with Gasteiger partial charge in [0.25, 0.3) is 0 Å². The molecule has 2 rings (SSSR count). The second-order valence-corrected chi connectivity index (χ2v) is 5.08. The lowest BCUT2D eigenvalue weighted by Gasteiger charge is -2.19. The molecule has 0 bridgehead atoms. The lowest BCUT2D eigenvalue weighted by atomic mass is 10.2. The third-order valence-corrected chi connectivity index (χ3v) is 2.14. The van der Waals surface area contributed by atoms with E-state index in [9.17, 15) is 4.79 Å². The van der Waals surface area contributed by atoms with Crippen molar-refractivity contribution in [2.24, 2.45) is 0 Å².